The lowest BCUT2D eigenvalue weighted by atomic mass is 10.0. The molecule has 0 saturated carbocycles. The molecule has 0 aliphatic carbocycles. The van der Waals surface area contributed by atoms with Crippen molar-refractivity contribution in [3.05, 3.63) is 134 Å². The Labute approximate surface area is 521 Å². The molecule has 0 rings (SSSR count). The number of unbranched alkanes of at least 4 members (excludes halogenated alkanes) is 35. The summed E-state index contributed by atoms with van der Waals surface area (Å²) in [5, 5.41) is 9.71. The monoisotopic (exact) mass is 1160 g/mol. The molecule has 1 unspecified atom stereocenters. The van der Waals surface area contributed by atoms with E-state index in [0.717, 1.165) is 109 Å². The predicted molar refractivity (Wildman–Crippen MR) is 371 cm³/mol. The predicted octanol–water partition coefficient (Wildman–Crippen LogP) is 25.1. The number of aliphatic hydroxyl groups is 1. The third kappa shape index (κ3) is 70.5. The van der Waals surface area contributed by atoms with Gasteiger partial charge >= 0.3 is 11.9 Å². The lowest BCUT2D eigenvalue weighted by Crippen LogP contribution is -2.28. The van der Waals surface area contributed by atoms with Crippen molar-refractivity contribution in [2.24, 2.45) is 0 Å². The molecule has 0 radical (unpaired) electrons. The van der Waals surface area contributed by atoms with Gasteiger partial charge < -0.3 is 14.6 Å². The molecule has 0 aliphatic heterocycles. The van der Waals surface area contributed by atoms with Crippen LogP contribution in [-0.4, -0.2) is 36.4 Å². The maximum absolute atomic E-state index is 12.4. The van der Waals surface area contributed by atoms with E-state index in [-0.39, 0.29) is 25.2 Å². The van der Waals surface area contributed by atoms with Crippen LogP contribution in [0.5, 0.6) is 0 Å². The maximum Gasteiger partial charge on any atom is 0.306 e. The SMILES string of the molecule is CC/C=C\C/C=C\C/C=C\C/C=C\C/C=C\C/C=C\CCCCCCCCCCCCCCCCCCCCC(=O)OC(CO)COC(=O)CCCCCCCCCCCCCCCCCCC/C=C\C/C=C\C/C=C\C/C=C\C/C=C\CC. The van der Waals surface area contributed by atoms with Gasteiger partial charge in [0.2, 0.25) is 0 Å². The average molecular weight is 1160 g/mol. The minimum absolute atomic E-state index is 0.0672. The molecule has 0 amide bonds. The Morgan fingerprint density at radius 1 is 0.274 bits per heavy atom. The zero-order chi connectivity index (χ0) is 60.5. The van der Waals surface area contributed by atoms with Crippen LogP contribution < -0.4 is 0 Å². The molecule has 0 aromatic carbocycles. The minimum atomic E-state index is -0.778. The van der Waals surface area contributed by atoms with E-state index in [9.17, 15) is 14.7 Å². The number of carbonyl (C=O) groups is 2. The first-order valence-corrected chi connectivity index (χ1v) is 35.7. The van der Waals surface area contributed by atoms with Crippen molar-refractivity contribution in [1.82, 2.24) is 0 Å². The quantitative estimate of drug-likeness (QED) is 0.0373. The number of allylic oxidation sites excluding steroid dienone is 22. The largest absolute Gasteiger partial charge is 0.462 e. The molecule has 5 heteroatoms. The van der Waals surface area contributed by atoms with Gasteiger partial charge in [0.25, 0.3) is 0 Å². The number of aliphatic hydroxyl groups excluding tert-OH is 1. The highest BCUT2D eigenvalue weighted by Crippen LogP contribution is 2.18. The first-order valence-electron chi connectivity index (χ1n) is 35.7. The topological polar surface area (TPSA) is 72.8 Å². The number of hydrogen-bond acceptors (Lipinski definition) is 5. The number of esters is 2. The number of ether oxygens (including phenoxy) is 2. The fourth-order valence-corrected chi connectivity index (χ4v) is 10.2. The van der Waals surface area contributed by atoms with Crippen molar-refractivity contribution < 1.29 is 24.2 Å². The van der Waals surface area contributed by atoms with E-state index in [1.54, 1.807) is 0 Å². The zero-order valence-corrected chi connectivity index (χ0v) is 55.1. The lowest BCUT2D eigenvalue weighted by Gasteiger charge is -2.15. The number of hydrogen-bond donors (Lipinski definition) is 1. The van der Waals surface area contributed by atoms with Crippen LogP contribution in [0.1, 0.15) is 335 Å². The molecule has 480 valence electrons. The van der Waals surface area contributed by atoms with Gasteiger partial charge in [0.1, 0.15) is 6.61 Å². The Kier molecular flexibility index (Phi) is 69.8. The van der Waals surface area contributed by atoms with Crippen LogP contribution in [0.15, 0.2) is 134 Å². The molecular formula is C79H134O5. The van der Waals surface area contributed by atoms with Crippen molar-refractivity contribution in [3.63, 3.8) is 0 Å². The fraction of sp³-hybridized carbons (Fsp3) is 0.696. The van der Waals surface area contributed by atoms with E-state index in [0.29, 0.717) is 12.8 Å². The molecular weight excluding hydrogens is 1030 g/mol. The van der Waals surface area contributed by atoms with Crippen molar-refractivity contribution in [2.45, 2.75) is 341 Å². The summed E-state index contributed by atoms with van der Waals surface area (Å²) < 4.78 is 10.8. The van der Waals surface area contributed by atoms with E-state index < -0.39 is 6.10 Å². The zero-order valence-electron chi connectivity index (χ0n) is 55.1. The maximum atomic E-state index is 12.4. The molecule has 1 atom stereocenters. The summed E-state index contributed by atoms with van der Waals surface area (Å²) in [5.74, 6) is -0.580. The van der Waals surface area contributed by atoms with Gasteiger partial charge in [0.05, 0.1) is 6.61 Å². The Morgan fingerprint density at radius 2 is 0.476 bits per heavy atom. The summed E-state index contributed by atoms with van der Waals surface area (Å²) in [6, 6.07) is 0. The van der Waals surface area contributed by atoms with Gasteiger partial charge in [-0.05, 0) is 109 Å². The summed E-state index contributed by atoms with van der Waals surface area (Å²) in [6.07, 6.45) is 109. The number of rotatable bonds is 65. The Morgan fingerprint density at radius 3 is 0.714 bits per heavy atom. The van der Waals surface area contributed by atoms with Gasteiger partial charge in [-0.2, -0.15) is 0 Å². The van der Waals surface area contributed by atoms with Crippen molar-refractivity contribution in [3.8, 4) is 0 Å². The first-order chi connectivity index (χ1) is 41.6. The summed E-state index contributed by atoms with van der Waals surface area (Å²) in [4.78, 5) is 24.7. The van der Waals surface area contributed by atoms with Crippen molar-refractivity contribution in [1.29, 1.82) is 0 Å². The molecule has 0 spiro atoms. The highest BCUT2D eigenvalue weighted by molar-refractivity contribution is 5.70. The summed E-state index contributed by atoms with van der Waals surface area (Å²) in [6.45, 7) is 3.94. The van der Waals surface area contributed by atoms with Gasteiger partial charge in [-0.3, -0.25) is 9.59 Å². The van der Waals surface area contributed by atoms with Crippen molar-refractivity contribution >= 4 is 11.9 Å². The Balaban J connectivity index is 3.45. The van der Waals surface area contributed by atoms with E-state index in [2.05, 4.69) is 148 Å². The molecule has 84 heavy (non-hydrogen) atoms. The van der Waals surface area contributed by atoms with Crippen LogP contribution >= 0.6 is 0 Å². The summed E-state index contributed by atoms with van der Waals surface area (Å²) in [7, 11) is 0. The van der Waals surface area contributed by atoms with E-state index in [4.69, 9.17) is 9.47 Å². The van der Waals surface area contributed by atoms with Gasteiger partial charge in [0.15, 0.2) is 6.10 Å². The van der Waals surface area contributed by atoms with Crippen LogP contribution in [-0.2, 0) is 19.1 Å². The van der Waals surface area contributed by atoms with E-state index in [1.807, 2.05) is 0 Å². The lowest BCUT2D eigenvalue weighted by molar-refractivity contribution is -0.161. The smallest absolute Gasteiger partial charge is 0.306 e. The highest BCUT2D eigenvalue weighted by atomic mass is 16.6. The third-order valence-electron chi connectivity index (χ3n) is 15.4. The van der Waals surface area contributed by atoms with Gasteiger partial charge in [-0.1, -0.05) is 347 Å². The van der Waals surface area contributed by atoms with Crippen LogP contribution in [0.3, 0.4) is 0 Å². The molecule has 0 heterocycles. The fourth-order valence-electron chi connectivity index (χ4n) is 10.2. The Hall–Kier alpha value is -3.96. The molecule has 0 saturated heterocycles. The molecule has 0 bridgehead atoms. The second kappa shape index (κ2) is 73.3. The van der Waals surface area contributed by atoms with Crippen LogP contribution in [0.25, 0.3) is 0 Å². The molecule has 0 fully saturated rings. The standard InChI is InChI=1S/C79H134O5/c1-3-5-7-9-11-13-15-17-19-21-23-25-27-29-31-33-35-37-38-39-40-42-44-46-48-50-52-54-56-58-60-62-64-66-68-70-72-74-79(82)84-77(75-80)76-83-78(81)73-71-69-67-65-63-61-59-57-55-53-51-49-47-45-43-41-36-34-32-30-28-26-24-22-20-18-16-14-12-10-8-6-4-2/h5-8,11-14,17-20,23-26,29-32,35,37,77,80H,3-4,9-10,15-16,21-22,27-28,33-34,36,38-76H2,1-2H3/b7-5-,8-6-,13-11-,14-12-,19-17-,20-18-,25-23-,26-24-,31-29-,32-30-,37-35-. The average Bonchev–Trinajstić information content (AvgIpc) is 3.51. The van der Waals surface area contributed by atoms with Crippen LogP contribution in [0.4, 0.5) is 0 Å². The van der Waals surface area contributed by atoms with Gasteiger partial charge in [-0.15, -0.1) is 0 Å². The molecule has 0 aliphatic rings. The highest BCUT2D eigenvalue weighted by Gasteiger charge is 2.16. The molecule has 1 N–H and O–H groups in total. The third-order valence-corrected chi connectivity index (χ3v) is 15.4. The summed E-state index contributed by atoms with van der Waals surface area (Å²) in [5.41, 5.74) is 0. The first kappa shape index (κ1) is 80.0. The van der Waals surface area contributed by atoms with Crippen molar-refractivity contribution in [2.75, 3.05) is 13.2 Å². The Bertz CT molecular complexity index is 1700. The second-order valence-electron chi connectivity index (χ2n) is 23.6. The minimum Gasteiger partial charge on any atom is -0.462 e. The number of carbonyl (C=O) groups excluding carboxylic acids is 2. The van der Waals surface area contributed by atoms with E-state index >= 15 is 0 Å². The van der Waals surface area contributed by atoms with Crippen LogP contribution in [0, 0.1) is 0 Å². The molecule has 5 nitrogen and oxygen atoms in total. The molecule has 0 aromatic rings. The van der Waals surface area contributed by atoms with Gasteiger partial charge in [0, 0.05) is 12.8 Å². The molecule has 0 aromatic heterocycles. The van der Waals surface area contributed by atoms with Gasteiger partial charge in [-0.25, -0.2) is 0 Å². The second-order valence-corrected chi connectivity index (χ2v) is 23.6. The summed E-state index contributed by atoms with van der Waals surface area (Å²) >= 11 is 0. The normalized spacial score (nSPS) is 13.0. The van der Waals surface area contributed by atoms with Crippen LogP contribution in [0.2, 0.25) is 0 Å². The van der Waals surface area contributed by atoms with E-state index in [1.165, 1.54) is 199 Å².